The molecule has 0 amide bonds. The van der Waals surface area contributed by atoms with Crippen molar-refractivity contribution in [1.29, 1.82) is 0 Å². The SMILES string of the molecule is COc1ccc(Br)c(CNc2ccc(Cl)c(C(=O)O)c2)c1OCc1cccc(Cl)c1. The van der Waals surface area contributed by atoms with E-state index in [0.29, 0.717) is 35.4 Å². The summed E-state index contributed by atoms with van der Waals surface area (Å²) in [4.78, 5) is 11.3. The molecule has 30 heavy (non-hydrogen) atoms. The number of rotatable bonds is 8. The Kier molecular flexibility index (Phi) is 7.48. The number of nitrogens with one attached hydrogen (secondary N) is 1. The van der Waals surface area contributed by atoms with Crippen LogP contribution in [0, 0.1) is 0 Å². The lowest BCUT2D eigenvalue weighted by Crippen LogP contribution is -2.07. The second kappa shape index (κ2) is 10.1. The Balaban J connectivity index is 1.85. The first kappa shape index (κ1) is 22.3. The first-order valence-electron chi connectivity index (χ1n) is 8.88. The Morgan fingerprint density at radius 2 is 1.93 bits per heavy atom. The van der Waals surface area contributed by atoms with Gasteiger partial charge in [-0.05, 0) is 48.0 Å². The minimum absolute atomic E-state index is 0.0313. The zero-order valence-electron chi connectivity index (χ0n) is 15.9. The number of ether oxygens (including phenoxy) is 2. The molecule has 0 heterocycles. The van der Waals surface area contributed by atoms with Crippen LogP contribution in [0.4, 0.5) is 5.69 Å². The van der Waals surface area contributed by atoms with Gasteiger partial charge in [-0.15, -0.1) is 0 Å². The van der Waals surface area contributed by atoms with E-state index in [9.17, 15) is 9.90 Å². The average molecular weight is 511 g/mol. The Bertz CT molecular complexity index is 1070. The van der Waals surface area contributed by atoms with Crippen molar-refractivity contribution in [2.24, 2.45) is 0 Å². The van der Waals surface area contributed by atoms with Crippen LogP contribution in [-0.4, -0.2) is 18.2 Å². The monoisotopic (exact) mass is 509 g/mol. The quantitative estimate of drug-likeness (QED) is 0.355. The predicted octanol–water partition coefficient (Wildman–Crippen LogP) is 6.65. The summed E-state index contributed by atoms with van der Waals surface area (Å²) in [5.74, 6) is 0.0721. The fourth-order valence-electron chi connectivity index (χ4n) is 2.84. The highest BCUT2D eigenvalue weighted by atomic mass is 79.9. The van der Waals surface area contributed by atoms with Gasteiger partial charge in [-0.25, -0.2) is 4.79 Å². The number of hydrogen-bond acceptors (Lipinski definition) is 4. The zero-order chi connectivity index (χ0) is 21.7. The summed E-state index contributed by atoms with van der Waals surface area (Å²) in [5.41, 5.74) is 2.39. The number of benzene rings is 3. The van der Waals surface area contributed by atoms with Crippen LogP contribution in [0.3, 0.4) is 0 Å². The molecule has 0 fully saturated rings. The molecule has 2 N–H and O–H groups in total. The molecule has 0 saturated carbocycles. The molecular formula is C22H18BrCl2NO4. The molecular weight excluding hydrogens is 493 g/mol. The van der Waals surface area contributed by atoms with Gasteiger partial charge in [0.15, 0.2) is 11.5 Å². The van der Waals surface area contributed by atoms with Crippen LogP contribution in [0.1, 0.15) is 21.5 Å². The molecule has 3 rings (SSSR count). The van der Waals surface area contributed by atoms with Crippen molar-refractivity contribution in [3.05, 3.63) is 85.8 Å². The van der Waals surface area contributed by atoms with Crippen molar-refractivity contribution in [2.45, 2.75) is 13.2 Å². The molecule has 0 atom stereocenters. The van der Waals surface area contributed by atoms with Crippen LogP contribution < -0.4 is 14.8 Å². The van der Waals surface area contributed by atoms with Gasteiger partial charge in [0.25, 0.3) is 0 Å². The van der Waals surface area contributed by atoms with Gasteiger partial charge >= 0.3 is 5.97 Å². The summed E-state index contributed by atoms with van der Waals surface area (Å²) in [6.07, 6.45) is 0. The van der Waals surface area contributed by atoms with E-state index >= 15 is 0 Å². The smallest absolute Gasteiger partial charge is 0.337 e. The van der Waals surface area contributed by atoms with Gasteiger partial charge in [0.1, 0.15) is 6.61 Å². The molecule has 0 aromatic heterocycles. The molecule has 8 heteroatoms. The van der Waals surface area contributed by atoms with Crippen LogP contribution in [-0.2, 0) is 13.2 Å². The van der Waals surface area contributed by atoms with Gasteiger partial charge < -0.3 is 19.9 Å². The van der Waals surface area contributed by atoms with Crippen LogP contribution in [0.15, 0.2) is 59.1 Å². The number of carboxylic acids is 1. The van der Waals surface area contributed by atoms with E-state index in [1.54, 1.807) is 25.3 Å². The normalized spacial score (nSPS) is 10.5. The van der Waals surface area contributed by atoms with Gasteiger partial charge in [0.2, 0.25) is 0 Å². The van der Waals surface area contributed by atoms with Crippen LogP contribution in [0.5, 0.6) is 11.5 Å². The van der Waals surface area contributed by atoms with E-state index in [1.165, 1.54) is 6.07 Å². The molecule has 3 aromatic rings. The number of halogens is 3. The number of carbonyl (C=O) groups is 1. The van der Waals surface area contributed by atoms with Gasteiger partial charge in [0, 0.05) is 27.3 Å². The molecule has 0 radical (unpaired) electrons. The lowest BCUT2D eigenvalue weighted by atomic mass is 10.1. The topological polar surface area (TPSA) is 67.8 Å². The minimum atomic E-state index is -1.09. The number of methoxy groups -OCH3 is 1. The van der Waals surface area contributed by atoms with Crippen LogP contribution in [0.2, 0.25) is 10.0 Å². The maximum Gasteiger partial charge on any atom is 0.337 e. The molecule has 3 aromatic carbocycles. The number of hydrogen-bond donors (Lipinski definition) is 2. The van der Waals surface area contributed by atoms with Crippen molar-refractivity contribution in [1.82, 2.24) is 0 Å². The lowest BCUT2D eigenvalue weighted by molar-refractivity contribution is 0.0697. The summed E-state index contributed by atoms with van der Waals surface area (Å²) in [6, 6.07) is 15.9. The highest BCUT2D eigenvalue weighted by molar-refractivity contribution is 9.10. The first-order valence-corrected chi connectivity index (χ1v) is 10.4. The largest absolute Gasteiger partial charge is 0.493 e. The van der Waals surface area contributed by atoms with Gasteiger partial charge in [-0.3, -0.25) is 0 Å². The number of carboxylic acid groups (broad SMARTS) is 1. The summed E-state index contributed by atoms with van der Waals surface area (Å²) < 4.78 is 12.4. The molecule has 0 bridgehead atoms. The lowest BCUT2D eigenvalue weighted by Gasteiger charge is -2.18. The molecule has 156 valence electrons. The van der Waals surface area contributed by atoms with E-state index in [-0.39, 0.29) is 10.6 Å². The van der Waals surface area contributed by atoms with E-state index in [4.69, 9.17) is 32.7 Å². The standard InChI is InChI=1S/C22H18BrCl2NO4/c1-29-20-8-6-18(23)17(21(20)30-12-13-3-2-4-14(24)9-13)11-26-15-5-7-19(25)16(10-15)22(27)28/h2-10,26H,11-12H2,1H3,(H,27,28). The summed E-state index contributed by atoms with van der Waals surface area (Å²) in [5, 5.41) is 13.3. The Labute approximate surface area is 192 Å². The van der Waals surface area contributed by atoms with E-state index in [0.717, 1.165) is 15.6 Å². The molecule has 0 aliphatic carbocycles. The van der Waals surface area contributed by atoms with E-state index in [1.807, 2.05) is 30.3 Å². The maximum absolute atomic E-state index is 11.3. The molecule has 0 saturated heterocycles. The number of aromatic carboxylic acids is 1. The molecule has 0 aliphatic heterocycles. The van der Waals surface area contributed by atoms with Gasteiger partial charge in [-0.2, -0.15) is 0 Å². The Morgan fingerprint density at radius 1 is 1.13 bits per heavy atom. The Morgan fingerprint density at radius 3 is 2.63 bits per heavy atom. The predicted molar refractivity (Wildman–Crippen MR) is 122 cm³/mol. The fourth-order valence-corrected chi connectivity index (χ4v) is 3.70. The Hall–Kier alpha value is -2.41. The van der Waals surface area contributed by atoms with E-state index < -0.39 is 5.97 Å². The summed E-state index contributed by atoms with van der Waals surface area (Å²) in [6.45, 7) is 0.674. The van der Waals surface area contributed by atoms with Crippen molar-refractivity contribution in [3.63, 3.8) is 0 Å². The second-order valence-corrected chi connectivity index (χ2v) is 8.03. The zero-order valence-corrected chi connectivity index (χ0v) is 19.0. The van der Waals surface area contributed by atoms with Crippen molar-refractivity contribution in [2.75, 3.05) is 12.4 Å². The fraction of sp³-hybridized carbons (Fsp3) is 0.136. The van der Waals surface area contributed by atoms with Crippen LogP contribution >= 0.6 is 39.1 Å². The van der Waals surface area contributed by atoms with E-state index in [2.05, 4.69) is 21.2 Å². The van der Waals surface area contributed by atoms with Crippen molar-refractivity contribution < 1.29 is 19.4 Å². The van der Waals surface area contributed by atoms with Crippen LogP contribution in [0.25, 0.3) is 0 Å². The number of anilines is 1. The average Bonchev–Trinajstić information content (AvgIpc) is 2.72. The highest BCUT2D eigenvalue weighted by Crippen LogP contribution is 2.37. The maximum atomic E-state index is 11.3. The third-order valence-electron chi connectivity index (χ3n) is 4.33. The van der Waals surface area contributed by atoms with Gasteiger partial charge in [0.05, 0.1) is 17.7 Å². The van der Waals surface area contributed by atoms with Gasteiger partial charge in [-0.1, -0.05) is 51.3 Å². The molecule has 0 aliphatic rings. The third-order valence-corrected chi connectivity index (χ3v) is 5.63. The van der Waals surface area contributed by atoms with Crippen molar-refractivity contribution in [3.8, 4) is 11.5 Å². The third kappa shape index (κ3) is 5.39. The molecule has 0 unspecified atom stereocenters. The first-order chi connectivity index (χ1) is 14.4. The minimum Gasteiger partial charge on any atom is -0.493 e. The molecule has 5 nitrogen and oxygen atoms in total. The summed E-state index contributed by atoms with van der Waals surface area (Å²) in [7, 11) is 1.57. The highest BCUT2D eigenvalue weighted by Gasteiger charge is 2.16. The van der Waals surface area contributed by atoms with Crippen molar-refractivity contribution >= 4 is 50.8 Å². The second-order valence-electron chi connectivity index (χ2n) is 6.33. The molecule has 0 spiro atoms. The summed E-state index contributed by atoms with van der Waals surface area (Å²) >= 11 is 15.6.